The van der Waals surface area contributed by atoms with Gasteiger partial charge in [-0.1, -0.05) is 43.5 Å². The number of anilines is 3. The number of nitrogens with zero attached hydrogens (tertiary/aromatic N) is 2. The van der Waals surface area contributed by atoms with Crippen molar-refractivity contribution in [2.45, 2.75) is 44.5 Å². The Morgan fingerprint density at radius 3 is 2.47 bits per heavy atom. The minimum atomic E-state index is -4.76. The molecule has 0 bridgehead atoms. The monoisotopic (exact) mass is 554 g/mol. The highest BCUT2D eigenvalue weighted by Crippen LogP contribution is 2.30. The molecule has 2 aromatic carbocycles. The van der Waals surface area contributed by atoms with Gasteiger partial charge in [-0.3, -0.25) is 0 Å². The Morgan fingerprint density at radius 1 is 0.938 bits per heavy atom. The van der Waals surface area contributed by atoms with Crippen LogP contribution in [-0.4, -0.2) is 22.4 Å². The second-order valence-corrected chi connectivity index (χ2v) is 8.78. The van der Waals surface area contributed by atoms with Gasteiger partial charge in [-0.25, -0.2) is 4.98 Å². The predicted molar refractivity (Wildman–Crippen MR) is 127 cm³/mol. The zero-order valence-corrected chi connectivity index (χ0v) is 19.3. The van der Waals surface area contributed by atoms with Crippen molar-refractivity contribution in [3.63, 3.8) is 0 Å². The molecular formula is C23H22F3IN4O. The molecule has 32 heavy (non-hydrogen) atoms. The van der Waals surface area contributed by atoms with E-state index in [0.717, 1.165) is 34.9 Å². The fourth-order valence-corrected chi connectivity index (χ4v) is 4.23. The molecule has 0 amide bonds. The van der Waals surface area contributed by atoms with Gasteiger partial charge in [-0.05, 0) is 59.7 Å². The molecule has 0 aliphatic heterocycles. The maximum absolute atomic E-state index is 12.7. The minimum Gasteiger partial charge on any atom is -0.406 e. The molecule has 5 nitrogen and oxygen atoms in total. The van der Waals surface area contributed by atoms with Crippen LogP contribution in [-0.2, 0) is 0 Å². The number of benzene rings is 2. The lowest BCUT2D eigenvalue weighted by Gasteiger charge is -2.23. The van der Waals surface area contributed by atoms with E-state index in [0.29, 0.717) is 23.0 Å². The molecule has 1 aliphatic rings. The van der Waals surface area contributed by atoms with Gasteiger partial charge in [0.1, 0.15) is 11.6 Å². The Bertz CT molecular complexity index is 1070. The van der Waals surface area contributed by atoms with Gasteiger partial charge in [0.2, 0.25) is 5.95 Å². The maximum atomic E-state index is 12.7. The average Bonchev–Trinajstić information content (AvgIpc) is 2.75. The molecule has 0 unspecified atom stereocenters. The summed E-state index contributed by atoms with van der Waals surface area (Å²) in [6.45, 7) is 0. The summed E-state index contributed by atoms with van der Waals surface area (Å²) >= 11 is 2.23. The van der Waals surface area contributed by atoms with E-state index >= 15 is 0 Å². The van der Waals surface area contributed by atoms with Gasteiger partial charge in [-0.2, -0.15) is 4.98 Å². The molecule has 1 fully saturated rings. The fourth-order valence-electron chi connectivity index (χ4n) is 3.71. The molecule has 1 heterocycles. The molecule has 168 valence electrons. The summed E-state index contributed by atoms with van der Waals surface area (Å²) in [5.74, 6) is 0.715. The zero-order chi connectivity index (χ0) is 22.6. The van der Waals surface area contributed by atoms with Crippen molar-refractivity contribution in [2.75, 3.05) is 10.6 Å². The first-order valence-electron chi connectivity index (χ1n) is 10.4. The molecule has 0 atom stereocenters. The number of ether oxygens (including phenoxy) is 1. The molecule has 1 aliphatic carbocycles. The van der Waals surface area contributed by atoms with E-state index in [1.54, 1.807) is 12.1 Å². The van der Waals surface area contributed by atoms with Gasteiger partial charge >= 0.3 is 6.36 Å². The highest BCUT2D eigenvalue weighted by molar-refractivity contribution is 14.1. The second kappa shape index (κ2) is 9.93. The van der Waals surface area contributed by atoms with Gasteiger partial charge in [0.15, 0.2) is 0 Å². The Morgan fingerprint density at radius 2 is 1.72 bits per heavy atom. The lowest BCUT2D eigenvalue weighted by molar-refractivity contribution is -0.274. The smallest absolute Gasteiger partial charge is 0.406 e. The van der Waals surface area contributed by atoms with Crippen molar-refractivity contribution in [1.82, 2.24) is 9.97 Å². The highest BCUT2D eigenvalue weighted by Gasteiger charge is 2.31. The minimum absolute atomic E-state index is 0.281. The molecule has 0 radical (unpaired) electrons. The summed E-state index contributed by atoms with van der Waals surface area (Å²) in [5, 5.41) is 6.71. The first-order valence-corrected chi connectivity index (χ1v) is 11.5. The van der Waals surface area contributed by atoms with Gasteiger partial charge in [-0.15, -0.1) is 13.2 Å². The Labute approximate surface area is 198 Å². The zero-order valence-electron chi connectivity index (χ0n) is 17.1. The second-order valence-electron chi connectivity index (χ2n) is 7.62. The van der Waals surface area contributed by atoms with Crippen LogP contribution in [0.3, 0.4) is 0 Å². The topological polar surface area (TPSA) is 59.1 Å². The normalized spacial score (nSPS) is 14.8. The molecule has 9 heteroatoms. The lowest BCUT2D eigenvalue weighted by atomic mass is 9.96. The number of nitrogens with one attached hydrogen (secondary N) is 2. The van der Waals surface area contributed by atoms with E-state index in [1.807, 2.05) is 24.3 Å². The van der Waals surface area contributed by atoms with E-state index in [1.165, 1.54) is 24.6 Å². The van der Waals surface area contributed by atoms with Crippen LogP contribution in [0.5, 0.6) is 5.75 Å². The summed E-state index contributed by atoms with van der Waals surface area (Å²) in [5.41, 5.74) is 1.89. The van der Waals surface area contributed by atoms with E-state index in [4.69, 9.17) is 0 Å². The third kappa shape index (κ3) is 6.24. The lowest BCUT2D eigenvalue weighted by Crippen LogP contribution is -2.23. The quantitative estimate of drug-likeness (QED) is 0.318. The molecule has 1 aromatic heterocycles. The van der Waals surface area contributed by atoms with Gasteiger partial charge in [0.05, 0.1) is 11.4 Å². The first kappa shape index (κ1) is 22.6. The van der Waals surface area contributed by atoms with E-state index < -0.39 is 6.36 Å². The standard InChI is InChI=1S/C23H22F3IN4O/c24-23(25,26)32-17-10-6-7-15(13-17)20-14-21(29-19-12-5-4-11-18(19)27)31-22(30-20)28-16-8-2-1-3-9-16/h4-7,10-14,16H,1-3,8-9H2,(H2,28,29,30,31). The number of rotatable bonds is 6. The van der Waals surface area contributed by atoms with Crippen LogP contribution in [0.15, 0.2) is 54.6 Å². The van der Waals surface area contributed by atoms with Gasteiger partial charge in [0.25, 0.3) is 0 Å². The Kier molecular flexibility index (Phi) is 7.02. The Hall–Kier alpha value is -2.56. The number of alkyl halides is 3. The third-order valence-electron chi connectivity index (χ3n) is 5.16. The number of hydrogen-bond acceptors (Lipinski definition) is 5. The van der Waals surface area contributed by atoms with Crippen molar-refractivity contribution in [3.05, 3.63) is 58.2 Å². The van der Waals surface area contributed by atoms with Crippen molar-refractivity contribution >= 4 is 40.0 Å². The molecular weight excluding hydrogens is 532 g/mol. The van der Waals surface area contributed by atoms with Crippen LogP contribution in [0.2, 0.25) is 0 Å². The number of para-hydroxylation sites is 1. The molecule has 0 saturated heterocycles. The fraction of sp³-hybridized carbons (Fsp3) is 0.304. The van der Waals surface area contributed by atoms with Crippen molar-refractivity contribution < 1.29 is 17.9 Å². The average molecular weight is 554 g/mol. The SMILES string of the molecule is FC(F)(F)Oc1cccc(-c2cc(Nc3ccccc3I)nc(NC3CCCCC3)n2)c1. The van der Waals surface area contributed by atoms with E-state index in [9.17, 15) is 13.2 Å². The summed E-state index contributed by atoms with van der Waals surface area (Å²) in [4.78, 5) is 9.22. The Balaban J connectivity index is 1.68. The number of aromatic nitrogens is 2. The third-order valence-corrected chi connectivity index (χ3v) is 6.11. The molecule has 0 spiro atoms. The number of halogens is 4. The van der Waals surface area contributed by atoms with Crippen LogP contribution in [0.4, 0.5) is 30.6 Å². The van der Waals surface area contributed by atoms with Crippen molar-refractivity contribution in [3.8, 4) is 17.0 Å². The first-order chi connectivity index (χ1) is 15.4. The van der Waals surface area contributed by atoms with Gasteiger partial charge in [0, 0.05) is 21.2 Å². The molecule has 3 aromatic rings. The summed E-state index contributed by atoms with van der Waals surface area (Å²) in [6.07, 6.45) is 0.867. The van der Waals surface area contributed by atoms with Crippen LogP contribution in [0.25, 0.3) is 11.3 Å². The van der Waals surface area contributed by atoms with E-state index in [2.05, 4.69) is 47.9 Å². The molecule has 4 rings (SSSR count). The van der Waals surface area contributed by atoms with Crippen LogP contribution < -0.4 is 15.4 Å². The summed E-state index contributed by atoms with van der Waals surface area (Å²) in [6, 6.07) is 15.6. The molecule has 2 N–H and O–H groups in total. The molecule has 1 saturated carbocycles. The van der Waals surface area contributed by atoms with Crippen LogP contribution in [0.1, 0.15) is 32.1 Å². The van der Waals surface area contributed by atoms with Crippen LogP contribution >= 0.6 is 22.6 Å². The summed E-state index contributed by atoms with van der Waals surface area (Å²) in [7, 11) is 0. The van der Waals surface area contributed by atoms with Crippen molar-refractivity contribution in [1.29, 1.82) is 0 Å². The predicted octanol–water partition coefficient (Wildman–Crippen LogP) is 7.14. The van der Waals surface area contributed by atoms with Crippen LogP contribution in [0, 0.1) is 3.57 Å². The number of hydrogen-bond donors (Lipinski definition) is 2. The largest absolute Gasteiger partial charge is 0.573 e. The maximum Gasteiger partial charge on any atom is 0.573 e. The van der Waals surface area contributed by atoms with Gasteiger partial charge < -0.3 is 15.4 Å². The van der Waals surface area contributed by atoms with E-state index in [-0.39, 0.29) is 11.8 Å². The highest BCUT2D eigenvalue weighted by atomic mass is 127. The van der Waals surface area contributed by atoms with Crippen molar-refractivity contribution in [2.24, 2.45) is 0 Å². The summed E-state index contributed by atoms with van der Waals surface area (Å²) < 4.78 is 43.1.